The van der Waals surface area contributed by atoms with Crippen LogP contribution in [-0.2, 0) is 9.53 Å². The average Bonchev–Trinajstić information content (AvgIpc) is 1.99. The molecule has 0 radical (unpaired) electrons. The predicted octanol–water partition coefficient (Wildman–Crippen LogP) is 0.162. The van der Waals surface area contributed by atoms with Crippen LogP contribution < -0.4 is 5.32 Å². The summed E-state index contributed by atoms with van der Waals surface area (Å²) in [6.07, 6.45) is 5.64. The van der Waals surface area contributed by atoms with Crippen molar-refractivity contribution in [3.63, 3.8) is 0 Å². The van der Waals surface area contributed by atoms with E-state index in [9.17, 15) is 4.79 Å². The number of rotatable bonds is 5. The molecule has 0 saturated carbocycles. The van der Waals surface area contributed by atoms with Gasteiger partial charge in [-0.15, -0.1) is 12.3 Å². The molecule has 3 heteroatoms. The number of hydrogen-bond donors (Lipinski definition) is 1. The number of nitrogens with one attached hydrogen (secondary N) is 1. The van der Waals surface area contributed by atoms with Crippen molar-refractivity contribution in [2.24, 2.45) is 0 Å². The first-order valence-corrected chi connectivity index (χ1v) is 3.61. The SMILES string of the molecule is C#CCCNCC(=O)OCC. The molecule has 1 N–H and O–H groups in total. The Morgan fingerprint density at radius 3 is 3.00 bits per heavy atom. The van der Waals surface area contributed by atoms with E-state index >= 15 is 0 Å². The fraction of sp³-hybridized carbons (Fsp3) is 0.625. The Morgan fingerprint density at radius 1 is 1.73 bits per heavy atom. The van der Waals surface area contributed by atoms with Gasteiger partial charge in [0.25, 0.3) is 0 Å². The summed E-state index contributed by atoms with van der Waals surface area (Å²) in [4.78, 5) is 10.7. The second kappa shape index (κ2) is 7.10. The summed E-state index contributed by atoms with van der Waals surface area (Å²) in [5, 5.41) is 2.85. The van der Waals surface area contributed by atoms with Gasteiger partial charge in [0.2, 0.25) is 0 Å². The molecule has 0 aliphatic rings. The number of esters is 1. The van der Waals surface area contributed by atoms with Gasteiger partial charge in [-0.25, -0.2) is 0 Å². The molecule has 0 bridgehead atoms. The van der Waals surface area contributed by atoms with Crippen molar-refractivity contribution in [3.05, 3.63) is 0 Å². The Hall–Kier alpha value is -1.01. The summed E-state index contributed by atoms with van der Waals surface area (Å²) in [6.45, 7) is 3.11. The monoisotopic (exact) mass is 155 g/mol. The van der Waals surface area contributed by atoms with Crippen LogP contribution in [0.2, 0.25) is 0 Å². The number of carbonyl (C=O) groups excluding carboxylic acids is 1. The van der Waals surface area contributed by atoms with Crippen molar-refractivity contribution in [3.8, 4) is 12.3 Å². The van der Waals surface area contributed by atoms with Crippen molar-refractivity contribution in [2.45, 2.75) is 13.3 Å². The molecule has 0 unspecified atom stereocenters. The summed E-state index contributed by atoms with van der Waals surface area (Å²) < 4.78 is 4.67. The smallest absolute Gasteiger partial charge is 0.319 e. The second-order valence-electron chi connectivity index (χ2n) is 1.94. The Kier molecular flexibility index (Phi) is 6.45. The summed E-state index contributed by atoms with van der Waals surface area (Å²) in [5.41, 5.74) is 0. The molecule has 3 nitrogen and oxygen atoms in total. The molecule has 0 aromatic carbocycles. The topological polar surface area (TPSA) is 38.3 Å². The van der Waals surface area contributed by atoms with Crippen molar-refractivity contribution in [1.82, 2.24) is 5.32 Å². The van der Waals surface area contributed by atoms with E-state index in [-0.39, 0.29) is 12.5 Å². The van der Waals surface area contributed by atoms with Crippen molar-refractivity contribution in [1.29, 1.82) is 0 Å². The highest BCUT2D eigenvalue weighted by molar-refractivity contribution is 5.71. The Balaban J connectivity index is 3.12. The van der Waals surface area contributed by atoms with Crippen molar-refractivity contribution >= 4 is 5.97 Å². The van der Waals surface area contributed by atoms with Gasteiger partial charge in [0.15, 0.2) is 0 Å². The largest absolute Gasteiger partial charge is 0.465 e. The van der Waals surface area contributed by atoms with Gasteiger partial charge in [0.05, 0.1) is 13.2 Å². The van der Waals surface area contributed by atoms with Crippen molar-refractivity contribution < 1.29 is 9.53 Å². The minimum atomic E-state index is -0.232. The third-order valence-electron chi connectivity index (χ3n) is 1.02. The minimum absolute atomic E-state index is 0.232. The number of carbonyl (C=O) groups is 1. The number of ether oxygens (including phenoxy) is 1. The van der Waals surface area contributed by atoms with Crippen LogP contribution in [0.3, 0.4) is 0 Å². The van der Waals surface area contributed by atoms with Gasteiger partial charge in [-0.1, -0.05) is 0 Å². The van der Waals surface area contributed by atoms with Gasteiger partial charge >= 0.3 is 5.97 Å². The predicted molar refractivity (Wildman–Crippen MR) is 43.0 cm³/mol. The van der Waals surface area contributed by atoms with Crippen LogP contribution in [0.15, 0.2) is 0 Å². The third-order valence-corrected chi connectivity index (χ3v) is 1.02. The summed E-state index contributed by atoms with van der Waals surface area (Å²) >= 11 is 0. The first kappa shape index (κ1) is 9.99. The maximum atomic E-state index is 10.7. The van der Waals surface area contributed by atoms with Crippen LogP contribution in [0.4, 0.5) is 0 Å². The molecular weight excluding hydrogens is 142 g/mol. The average molecular weight is 155 g/mol. The zero-order valence-corrected chi connectivity index (χ0v) is 6.72. The zero-order valence-electron chi connectivity index (χ0n) is 6.72. The minimum Gasteiger partial charge on any atom is -0.465 e. The Labute approximate surface area is 67.1 Å². The molecule has 11 heavy (non-hydrogen) atoms. The van der Waals surface area contributed by atoms with Gasteiger partial charge in [0, 0.05) is 13.0 Å². The van der Waals surface area contributed by atoms with E-state index in [1.54, 1.807) is 6.92 Å². The van der Waals surface area contributed by atoms with Crippen LogP contribution in [0.1, 0.15) is 13.3 Å². The van der Waals surface area contributed by atoms with Crippen LogP contribution in [-0.4, -0.2) is 25.7 Å². The highest BCUT2D eigenvalue weighted by atomic mass is 16.5. The van der Waals surface area contributed by atoms with Crippen LogP contribution in [0.25, 0.3) is 0 Å². The molecule has 62 valence electrons. The number of hydrogen-bond acceptors (Lipinski definition) is 3. The molecule has 0 aromatic rings. The lowest BCUT2D eigenvalue weighted by atomic mass is 10.4. The molecule has 0 aliphatic carbocycles. The molecule has 0 fully saturated rings. The van der Waals surface area contributed by atoms with Crippen molar-refractivity contribution in [2.75, 3.05) is 19.7 Å². The lowest BCUT2D eigenvalue weighted by molar-refractivity contribution is -0.141. The van der Waals surface area contributed by atoms with Crippen LogP contribution in [0, 0.1) is 12.3 Å². The molecule has 0 heterocycles. The Bertz CT molecular complexity index is 149. The lowest BCUT2D eigenvalue weighted by Gasteiger charge is -2.01. The first-order chi connectivity index (χ1) is 5.31. The molecule has 0 aliphatic heterocycles. The molecular formula is C8H13NO2. The molecule has 0 spiro atoms. The molecule has 0 rings (SSSR count). The van der Waals surface area contributed by atoms with Gasteiger partial charge in [0.1, 0.15) is 0 Å². The maximum Gasteiger partial charge on any atom is 0.319 e. The third kappa shape index (κ3) is 6.88. The van der Waals surface area contributed by atoms with Crippen LogP contribution in [0.5, 0.6) is 0 Å². The molecule has 0 aromatic heterocycles. The molecule has 0 saturated heterocycles. The van der Waals surface area contributed by atoms with Gasteiger partial charge in [-0.2, -0.15) is 0 Å². The summed E-state index contributed by atoms with van der Waals surface area (Å²) in [5.74, 6) is 2.23. The normalized spacial score (nSPS) is 8.73. The lowest BCUT2D eigenvalue weighted by Crippen LogP contribution is -2.25. The summed E-state index contributed by atoms with van der Waals surface area (Å²) in [6, 6.07) is 0. The maximum absolute atomic E-state index is 10.7. The van der Waals surface area contributed by atoms with Gasteiger partial charge < -0.3 is 10.1 Å². The van der Waals surface area contributed by atoms with Gasteiger partial charge in [-0.3, -0.25) is 4.79 Å². The highest BCUT2D eigenvalue weighted by Crippen LogP contribution is 1.75. The Morgan fingerprint density at radius 2 is 2.45 bits per heavy atom. The number of terminal acetylenes is 1. The first-order valence-electron chi connectivity index (χ1n) is 3.61. The van der Waals surface area contributed by atoms with E-state index in [4.69, 9.17) is 6.42 Å². The van der Waals surface area contributed by atoms with E-state index in [2.05, 4.69) is 16.0 Å². The molecule has 0 amide bonds. The van der Waals surface area contributed by atoms with E-state index in [0.29, 0.717) is 19.6 Å². The van der Waals surface area contributed by atoms with Gasteiger partial charge in [-0.05, 0) is 6.92 Å². The summed E-state index contributed by atoms with van der Waals surface area (Å²) in [7, 11) is 0. The standard InChI is InChI=1S/C8H13NO2/c1-3-5-6-9-7-8(10)11-4-2/h1,9H,4-7H2,2H3. The molecule has 0 atom stereocenters. The zero-order chi connectivity index (χ0) is 8.53. The van der Waals surface area contributed by atoms with E-state index < -0.39 is 0 Å². The van der Waals surface area contributed by atoms with E-state index in [1.807, 2.05) is 0 Å². The fourth-order valence-electron chi connectivity index (χ4n) is 0.563. The second-order valence-corrected chi connectivity index (χ2v) is 1.94. The van der Waals surface area contributed by atoms with E-state index in [1.165, 1.54) is 0 Å². The van der Waals surface area contributed by atoms with Crippen LogP contribution >= 0.6 is 0 Å². The fourth-order valence-corrected chi connectivity index (χ4v) is 0.563. The highest BCUT2D eigenvalue weighted by Gasteiger charge is 1.97. The quantitative estimate of drug-likeness (QED) is 0.349. The van der Waals surface area contributed by atoms with E-state index in [0.717, 1.165) is 0 Å².